The number of anilines is 1. The van der Waals surface area contributed by atoms with Gasteiger partial charge in [0.25, 0.3) is 0 Å². The molecule has 6 nitrogen and oxygen atoms in total. The summed E-state index contributed by atoms with van der Waals surface area (Å²) in [4.78, 5) is 15.1. The number of aromatic nitrogens is 3. The topological polar surface area (TPSA) is 71.4 Å². The molecule has 0 bridgehead atoms. The van der Waals surface area contributed by atoms with Crippen LogP contribution in [0.4, 0.5) is 5.82 Å². The lowest BCUT2D eigenvalue weighted by atomic mass is 9.86. The Morgan fingerprint density at radius 2 is 2.30 bits per heavy atom. The zero-order valence-corrected chi connectivity index (χ0v) is 11.3. The second-order valence-electron chi connectivity index (χ2n) is 5.69. The minimum atomic E-state index is -0.780. The van der Waals surface area contributed by atoms with Gasteiger partial charge in [0.1, 0.15) is 24.1 Å². The van der Waals surface area contributed by atoms with E-state index in [0.29, 0.717) is 12.5 Å². The quantitative estimate of drug-likeness (QED) is 0.775. The van der Waals surface area contributed by atoms with Crippen LogP contribution >= 0.6 is 0 Å². The van der Waals surface area contributed by atoms with Crippen LogP contribution in [0.1, 0.15) is 19.8 Å². The maximum absolute atomic E-state index is 10.6. The van der Waals surface area contributed by atoms with E-state index in [-0.39, 0.29) is 6.04 Å². The summed E-state index contributed by atoms with van der Waals surface area (Å²) < 4.78 is 5.83. The number of ether oxygens (including phenoxy) is 1. The van der Waals surface area contributed by atoms with Crippen LogP contribution < -0.4 is 9.64 Å². The van der Waals surface area contributed by atoms with Crippen molar-refractivity contribution >= 4 is 16.7 Å². The van der Waals surface area contributed by atoms with Crippen molar-refractivity contribution < 1.29 is 9.84 Å². The van der Waals surface area contributed by atoms with Crippen molar-refractivity contribution in [1.82, 2.24) is 15.0 Å². The van der Waals surface area contributed by atoms with E-state index in [0.717, 1.165) is 36.1 Å². The number of rotatable bonds is 0. The number of aliphatic hydroxyl groups is 1. The molecule has 1 saturated heterocycles. The van der Waals surface area contributed by atoms with Crippen LogP contribution in [0.3, 0.4) is 0 Å². The molecule has 2 unspecified atom stereocenters. The molecule has 2 aromatic rings. The van der Waals surface area contributed by atoms with Gasteiger partial charge >= 0.3 is 0 Å². The number of fused-ring (bicyclic) bond motifs is 2. The van der Waals surface area contributed by atoms with Gasteiger partial charge in [0, 0.05) is 12.7 Å². The predicted molar refractivity (Wildman–Crippen MR) is 73.8 cm³/mol. The highest BCUT2D eigenvalue weighted by atomic mass is 16.5. The van der Waals surface area contributed by atoms with Crippen LogP contribution in [-0.4, -0.2) is 44.9 Å². The van der Waals surface area contributed by atoms with Crippen LogP contribution in [0.25, 0.3) is 10.9 Å². The van der Waals surface area contributed by atoms with Gasteiger partial charge in [-0.25, -0.2) is 15.0 Å². The van der Waals surface area contributed by atoms with Crippen LogP contribution in [0.5, 0.6) is 5.88 Å². The molecule has 0 saturated carbocycles. The SMILES string of the molecule is CC1(O)CCCN2c3ncnc4ccnc(c34)OCC21. The molecule has 1 N–H and O–H groups in total. The largest absolute Gasteiger partial charge is 0.475 e. The molecule has 0 aromatic carbocycles. The van der Waals surface area contributed by atoms with Gasteiger partial charge < -0.3 is 14.7 Å². The highest BCUT2D eigenvalue weighted by molar-refractivity contribution is 5.94. The third-order valence-electron chi connectivity index (χ3n) is 4.32. The van der Waals surface area contributed by atoms with Crippen molar-refractivity contribution in [2.45, 2.75) is 31.4 Å². The summed E-state index contributed by atoms with van der Waals surface area (Å²) in [5.74, 6) is 1.38. The molecule has 104 valence electrons. The maximum atomic E-state index is 10.6. The Bertz CT molecular complexity index is 668. The molecule has 2 aliphatic rings. The van der Waals surface area contributed by atoms with Crippen molar-refractivity contribution in [1.29, 1.82) is 0 Å². The molecule has 0 amide bonds. The Morgan fingerprint density at radius 1 is 1.40 bits per heavy atom. The highest BCUT2D eigenvalue weighted by Gasteiger charge is 2.43. The first kappa shape index (κ1) is 11.8. The first-order valence-corrected chi connectivity index (χ1v) is 6.88. The van der Waals surface area contributed by atoms with E-state index in [1.165, 1.54) is 0 Å². The van der Waals surface area contributed by atoms with Gasteiger partial charge in [0.2, 0.25) is 5.88 Å². The minimum absolute atomic E-state index is 0.108. The summed E-state index contributed by atoms with van der Waals surface area (Å²) in [6, 6.07) is 1.75. The Balaban J connectivity index is 1.95. The monoisotopic (exact) mass is 272 g/mol. The van der Waals surface area contributed by atoms with Gasteiger partial charge in [-0.3, -0.25) is 0 Å². The van der Waals surface area contributed by atoms with E-state index < -0.39 is 5.60 Å². The Kier molecular flexibility index (Phi) is 2.38. The normalized spacial score (nSPS) is 28.7. The van der Waals surface area contributed by atoms with E-state index in [9.17, 15) is 5.11 Å². The predicted octanol–water partition coefficient (Wildman–Crippen LogP) is 1.14. The number of pyridine rings is 1. The van der Waals surface area contributed by atoms with Crippen LogP contribution in [0.2, 0.25) is 0 Å². The fraction of sp³-hybridized carbons (Fsp3) is 0.500. The average molecular weight is 272 g/mol. The molecule has 4 heterocycles. The smallest absolute Gasteiger partial charge is 0.226 e. The van der Waals surface area contributed by atoms with Gasteiger partial charge in [-0.05, 0) is 25.8 Å². The Hall–Kier alpha value is -1.95. The summed E-state index contributed by atoms with van der Waals surface area (Å²) in [5.41, 5.74) is 0.0447. The first-order chi connectivity index (χ1) is 9.67. The van der Waals surface area contributed by atoms with Gasteiger partial charge in [-0.15, -0.1) is 0 Å². The molecular formula is C14H16N4O2. The maximum Gasteiger partial charge on any atom is 0.226 e. The molecule has 2 aliphatic heterocycles. The van der Waals surface area contributed by atoms with Crippen LogP contribution in [0, 0.1) is 0 Å². The van der Waals surface area contributed by atoms with Crippen LogP contribution in [-0.2, 0) is 0 Å². The zero-order chi connectivity index (χ0) is 13.7. The van der Waals surface area contributed by atoms with E-state index in [4.69, 9.17) is 4.74 Å². The van der Waals surface area contributed by atoms with Crippen molar-refractivity contribution in [2.24, 2.45) is 0 Å². The van der Waals surface area contributed by atoms with Crippen molar-refractivity contribution in [3.63, 3.8) is 0 Å². The van der Waals surface area contributed by atoms with E-state index in [2.05, 4.69) is 19.9 Å². The summed E-state index contributed by atoms with van der Waals surface area (Å²) in [6.07, 6.45) is 4.96. The lowest BCUT2D eigenvalue weighted by molar-refractivity contribution is -0.00708. The van der Waals surface area contributed by atoms with E-state index in [1.54, 1.807) is 12.5 Å². The van der Waals surface area contributed by atoms with E-state index >= 15 is 0 Å². The second-order valence-corrected chi connectivity index (χ2v) is 5.69. The number of hydrogen-bond acceptors (Lipinski definition) is 6. The van der Waals surface area contributed by atoms with Crippen molar-refractivity contribution in [2.75, 3.05) is 18.1 Å². The van der Waals surface area contributed by atoms with Crippen LogP contribution in [0.15, 0.2) is 18.6 Å². The number of piperidine rings is 1. The summed E-state index contributed by atoms with van der Waals surface area (Å²) in [7, 11) is 0. The van der Waals surface area contributed by atoms with Gasteiger partial charge in [-0.1, -0.05) is 0 Å². The summed E-state index contributed by atoms with van der Waals surface area (Å²) >= 11 is 0. The summed E-state index contributed by atoms with van der Waals surface area (Å²) in [6.45, 7) is 3.15. The highest BCUT2D eigenvalue weighted by Crippen LogP contribution is 2.39. The summed E-state index contributed by atoms with van der Waals surface area (Å²) in [5, 5.41) is 11.5. The Morgan fingerprint density at radius 3 is 3.20 bits per heavy atom. The molecule has 2 atom stereocenters. The van der Waals surface area contributed by atoms with Gasteiger partial charge in [0.05, 0.1) is 17.2 Å². The first-order valence-electron chi connectivity index (χ1n) is 6.88. The molecule has 0 aliphatic carbocycles. The fourth-order valence-corrected chi connectivity index (χ4v) is 3.23. The van der Waals surface area contributed by atoms with E-state index in [1.807, 2.05) is 13.0 Å². The third-order valence-corrected chi connectivity index (χ3v) is 4.32. The molecule has 1 fully saturated rings. The average Bonchev–Trinajstić information content (AvgIpc) is 2.60. The Labute approximate surface area is 116 Å². The third kappa shape index (κ3) is 1.57. The molecule has 2 aromatic heterocycles. The second kappa shape index (κ2) is 4.02. The van der Waals surface area contributed by atoms with Gasteiger partial charge in [0.15, 0.2) is 0 Å². The molecule has 20 heavy (non-hydrogen) atoms. The fourth-order valence-electron chi connectivity index (χ4n) is 3.23. The molecule has 6 heteroatoms. The lowest BCUT2D eigenvalue weighted by Gasteiger charge is -2.44. The molecule has 0 spiro atoms. The molecule has 4 rings (SSSR count). The van der Waals surface area contributed by atoms with Gasteiger partial charge in [-0.2, -0.15) is 0 Å². The minimum Gasteiger partial charge on any atom is -0.475 e. The zero-order valence-electron chi connectivity index (χ0n) is 11.3. The molecular weight excluding hydrogens is 256 g/mol. The lowest BCUT2D eigenvalue weighted by Crippen LogP contribution is -2.58. The number of hydrogen-bond donors (Lipinski definition) is 1. The van der Waals surface area contributed by atoms with Crippen molar-refractivity contribution in [3.8, 4) is 5.88 Å². The van der Waals surface area contributed by atoms with Crippen molar-refractivity contribution in [3.05, 3.63) is 18.6 Å². The standard InChI is InChI=1S/C14H16N4O2/c1-14(19)4-2-6-18-10(14)7-20-13-11-9(3-5-15-13)16-8-17-12(11)18/h3,5,8,10,19H,2,4,6-7H2,1H3. The number of nitrogens with zero attached hydrogens (tertiary/aromatic N) is 4. The molecule has 0 radical (unpaired) electrons.